The molecule has 0 N–H and O–H groups in total. The Kier molecular flexibility index (Phi) is 6.96. The fourth-order valence-electron chi connectivity index (χ4n) is 3.22. The van der Waals surface area contributed by atoms with Gasteiger partial charge in [-0.25, -0.2) is 4.39 Å². The molecule has 1 atom stereocenters. The molecule has 0 heterocycles. The van der Waals surface area contributed by atoms with Crippen LogP contribution in [0.25, 0.3) is 0 Å². The van der Waals surface area contributed by atoms with Crippen molar-refractivity contribution in [1.29, 1.82) is 0 Å². The molecule has 0 radical (unpaired) electrons. The first-order valence-electron chi connectivity index (χ1n) is 8.80. The maximum Gasteiger partial charge on any atom is 0.264 e. The highest BCUT2D eigenvalue weighted by Crippen LogP contribution is 2.36. The molecule has 7 heteroatoms. The Balaban J connectivity index is 2.41. The largest absolute Gasteiger partial charge is 0.404 e. The van der Waals surface area contributed by atoms with Gasteiger partial charge in [-0.05, 0) is 15.4 Å². The SMILES string of the molecule is CC(C)(C)[Si](OCC(F)COS(C)(=O)=O)(c1ccccc1)c1ccccc1. The summed E-state index contributed by atoms with van der Waals surface area (Å²) >= 11 is 0. The number of hydrogen-bond acceptors (Lipinski definition) is 4. The van der Waals surface area contributed by atoms with Gasteiger partial charge in [0.25, 0.3) is 18.4 Å². The highest BCUT2D eigenvalue weighted by molar-refractivity contribution is 7.85. The van der Waals surface area contributed by atoms with Crippen molar-refractivity contribution >= 4 is 28.8 Å². The summed E-state index contributed by atoms with van der Waals surface area (Å²) < 4.78 is 47.6. The van der Waals surface area contributed by atoms with Crippen LogP contribution in [0.15, 0.2) is 60.7 Å². The molecule has 0 saturated heterocycles. The molecule has 27 heavy (non-hydrogen) atoms. The van der Waals surface area contributed by atoms with Gasteiger partial charge in [0.05, 0.1) is 19.5 Å². The molecule has 0 amide bonds. The normalized spacial score (nSPS) is 14.1. The lowest BCUT2D eigenvalue weighted by atomic mass is 10.2. The van der Waals surface area contributed by atoms with Gasteiger partial charge in [0, 0.05) is 0 Å². The third-order valence-electron chi connectivity index (χ3n) is 4.36. The Labute approximate surface area is 162 Å². The standard InChI is InChI=1S/C20H27FO4SSi/c1-20(2,3)27(18-11-7-5-8-12-18,19-13-9-6-10-14-19)25-16-17(21)15-24-26(4,22)23/h5-14,17H,15-16H2,1-4H3. The highest BCUT2D eigenvalue weighted by atomic mass is 32.2. The van der Waals surface area contributed by atoms with Crippen LogP contribution in [0.5, 0.6) is 0 Å². The van der Waals surface area contributed by atoms with E-state index >= 15 is 0 Å². The summed E-state index contributed by atoms with van der Waals surface area (Å²) in [5, 5.41) is 1.81. The van der Waals surface area contributed by atoms with E-state index in [0.717, 1.165) is 16.6 Å². The van der Waals surface area contributed by atoms with E-state index in [2.05, 4.69) is 25.0 Å². The molecule has 0 saturated carbocycles. The Morgan fingerprint density at radius 2 is 1.37 bits per heavy atom. The van der Waals surface area contributed by atoms with Crippen LogP contribution in [0.3, 0.4) is 0 Å². The molecule has 0 aliphatic rings. The highest BCUT2D eigenvalue weighted by Gasteiger charge is 2.50. The molecule has 0 bridgehead atoms. The molecular formula is C20H27FO4SSi. The van der Waals surface area contributed by atoms with Crippen LogP contribution < -0.4 is 10.4 Å². The predicted molar refractivity (Wildman–Crippen MR) is 109 cm³/mol. The van der Waals surface area contributed by atoms with Crippen molar-refractivity contribution in [3.8, 4) is 0 Å². The summed E-state index contributed by atoms with van der Waals surface area (Å²) in [5.41, 5.74) is 0. The second-order valence-electron chi connectivity index (χ2n) is 7.56. The Bertz CT molecular complexity index is 781. The van der Waals surface area contributed by atoms with Crippen LogP contribution in [0.1, 0.15) is 20.8 Å². The van der Waals surface area contributed by atoms with Gasteiger partial charge in [-0.3, -0.25) is 4.18 Å². The van der Waals surface area contributed by atoms with Crippen molar-refractivity contribution in [2.24, 2.45) is 0 Å². The Morgan fingerprint density at radius 1 is 0.926 bits per heavy atom. The average molecular weight is 411 g/mol. The van der Waals surface area contributed by atoms with E-state index < -0.39 is 31.2 Å². The van der Waals surface area contributed by atoms with Crippen molar-refractivity contribution in [2.75, 3.05) is 19.5 Å². The van der Waals surface area contributed by atoms with E-state index in [4.69, 9.17) is 4.43 Å². The van der Waals surface area contributed by atoms with Gasteiger partial charge in [-0.15, -0.1) is 0 Å². The van der Waals surface area contributed by atoms with Crippen LogP contribution >= 0.6 is 0 Å². The summed E-state index contributed by atoms with van der Waals surface area (Å²) in [4.78, 5) is 0. The smallest absolute Gasteiger partial charge is 0.264 e. The zero-order valence-corrected chi connectivity index (χ0v) is 18.0. The van der Waals surface area contributed by atoms with Gasteiger partial charge in [0.2, 0.25) is 0 Å². The van der Waals surface area contributed by atoms with Gasteiger partial charge in [-0.2, -0.15) is 8.42 Å². The van der Waals surface area contributed by atoms with Crippen molar-refractivity contribution in [1.82, 2.24) is 0 Å². The quantitative estimate of drug-likeness (QED) is 0.496. The van der Waals surface area contributed by atoms with E-state index in [1.807, 2.05) is 60.7 Å². The molecule has 148 valence electrons. The zero-order valence-electron chi connectivity index (χ0n) is 16.2. The summed E-state index contributed by atoms with van der Waals surface area (Å²) in [7, 11) is -6.52. The van der Waals surface area contributed by atoms with Gasteiger partial charge in [-0.1, -0.05) is 81.4 Å². The Morgan fingerprint density at radius 3 is 1.74 bits per heavy atom. The monoisotopic (exact) mass is 410 g/mol. The molecule has 0 spiro atoms. The lowest BCUT2D eigenvalue weighted by molar-refractivity contribution is 0.133. The maximum atomic E-state index is 14.4. The van der Waals surface area contributed by atoms with E-state index in [0.29, 0.717) is 0 Å². The first-order valence-corrected chi connectivity index (χ1v) is 12.5. The minimum atomic E-state index is -3.69. The Hall–Kier alpha value is -1.54. The number of alkyl halides is 1. The molecule has 0 aliphatic heterocycles. The van der Waals surface area contributed by atoms with Gasteiger partial charge < -0.3 is 4.43 Å². The van der Waals surface area contributed by atoms with Crippen molar-refractivity contribution in [3.63, 3.8) is 0 Å². The van der Waals surface area contributed by atoms with Crippen LogP contribution in [0, 0.1) is 0 Å². The number of rotatable bonds is 8. The van der Waals surface area contributed by atoms with Gasteiger partial charge >= 0.3 is 0 Å². The van der Waals surface area contributed by atoms with Crippen molar-refractivity contribution < 1.29 is 21.4 Å². The van der Waals surface area contributed by atoms with E-state index in [1.54, 1.807) is 0 Å². The van der Waals surface area contributed by atoms with E-state index in [9.17, 15) is 12.8 Å². The second kappa shape index (κ2) is 8.64. The summed E-state index contributed by atoms with van der Waals surface area (Å²) in [6, 6.07) is 19.8. The first-order chi connectivity index (χ1) is 12.6. The molecule has 0 aromatic heterocycles. The summed E-state index contributed by atoms with van der Waals surface area (Å²) in [6.07, 6.45) is -0.635. The van der Waals surface area contributed by atoms with Gasteiger partial charge in [0.15, 0.2) is 0 Å². The van der Waals surface area contributed by atoms with Crippen LogP contribution in [-0.4, -0.2) is 42.4 Å². The molecule has 2 aromatic carbocycles. The van der Waals surface area contributed by atoms with Crippen LogP contribution in [-0.2, 0) is 18.7 Å². The van der Waals surface area contributed by atoms with Crippen LogP contribution in [0.2, 0.25) is 5.04 Å². The fraction of sp³-hybridized carbons (Fsp3) is 0.400. The van der Waals surface area contributed by atoms with Gasteiger partial charge in [0.1, 0.15) is 6.17 Å². The maximum absolute atomic E-state index is 14.4. The molecule has 2 aromatic rings. The van der Waals surface area contributed by atoms with E-state index in [-0.39, 0.29) is 11.6 Å². The predicted octanol–water partition coefficient (Wildman–Crippen LogP) is 2.88. The lowest BCUT2D eigenvalue weighted by Gasteiger charge is -2.43. The topological polar surface area (TPSA) is 52.6 Å². The first kappa shape index (κ1) is 21.8. The number of benzene rings is 2. The minimum Gasteiger partial charge on any atom is -0.404 e. The molecule has 1 unspecified atom stereocenters. The van der Waals surface area contributed by atoms with Crippen LogP contribution in [0.4, 0.5) is 4.39 Å². The third-order valence-corrected chi connectivity index (χ3v) is 9.93. The third kappa shape index (κ3) is 5.48. The fourth-order valence-corrected chi connectivity index (χ4v) is 8.20. The zero-order chi connectivity index (χ0) is 20.1. The summed E-state index contributed by atoms with van der Waals surface area (Å²) in [5.74, 6) is 0. The average Bonchev–Trinajstić information content (AvgIpc) is 2.60. The molecule has 2 rings (SSSR count). The van der Waals surface area contributed by atoms with Crippen molar-refractivity contribution in [2.45, 2.75) is 32.0 Å². The molecule has 0 aliphatic carbocycles. The number of hydrogen-bond donors (Lipinski definition) is 0. The van der Waals surface area contributed by atoms with E-state index in [1.165, 1.54) is 0 Å². The molecule has 0 fully saturated rings. The lowest BCUT2D eigenvalue weighted by Crippen LogP contribution is -2.67. The second-order valence-corrected chi connectivity index (χ2v) is 13.5. The molecule has 4 nitrogen and oxygen atoms in total. The minimum absolute atomic E-state index is 0.233. The number of halogens is 1. The summed E-state index contributed by atoms with van der Waals surface area (Å²) in [6.45, 7) is 5.51. The van der Waals surface area contributed by atoms with Crippen molar-refractivity contribution in [3.05, 3.63) is 60.7 Å². The molecular weight excluding hydrogens is 383 g/mol.